The SMILES string of the molecule is CC(C)c1cc(NC(=O)Nc2ccc(Oc3ccnc(-c4cn[nH]c4)c3)cc2F)n(-c2ccc3scnc3c2)n1. The molecule has 2 aromatic carbocycles. The lowest BCUT2D eigenvalue weighted by Crippen LogP contribution is -2.22. The fourth-order valence-corrected chi connectivity index (χ4v) is 4.69. The smallest absolute Gasteiger partial charge is 0.324 e. The fraction of sp³-hybridized carbons (Fsp3) is 0.107. The molecule has 0 saturated carbocycles. The molecule has 4 aromatic heterocycles. The molecule has 6 aromatic rings. The number of hydrogen-bond donors (Lipinski definition) is 3. The topological polar surface area (TPSA) is 123 Å². The van der Waals surface area contributed by atoms with Crippen LogP contribution in [0.5, 0.6) is 11.5 Å². The van der Waals surface area contributed by atoms with E-state index in [1.807, 2.05) is 32.0 Å². The zero-order valence-electron chi connectivity index (χ0n) is 21.4. The second-order valence-electron chi connectivity index (χ2n) is 9.21. The summed E-state index contributed by atoms with van der Waals surface area (Å²) in [4.78, 5) is 21.6. The highest BCUT2D eigenvalue weighted by atomic mass is 32.1. The van der Waals surface area contributed by atoms with Gasteiger partial charge >= 0.3 is 6.03 Å². The Morgan fingerprint density at radius 2 is 1.93 bits per heavy atom. The van der Waals surface area contributed by atoms with Crippen molar-refractivity contribution in [2.45, 2.75) is 19.8 Å². The molecule has 0 bridgehead atoms. The number of hydrogen-bond acceptors (Lipinski definition) is 7. The van der Waals surface area contributed by atoms with Crippen molar-refractivity contribution in [3.05, 3.63) is 90.2 Å². The van der Waals surface area contributed by atoms with E-state index >= 15 is 0 Å². The lowest BCUT2D eigenvalue weighted by Gasteiger charge is -2.12. The number of halogens is 1. The lowest BCUT2D eigenvalue weighted by molar-refractivity contribution is 0.262. The van der Waals surface area contributed by atoms with Gasteiger partial charge in [-0.3, -0.25) is 15.4 Å². The molecule has 4 heterocycles. The second-order valence-corrected chi connectivity index (χ2v) is 10.1. The van der Waals surface area contributed by atoms with Gasteiger partial charge in [0.1, 0.15) is 23.1 Å². The van der Waals surface area contributed by atoms with Crippen LogP contribution >= 0.6 is 11.3 Å². The molecule has 2 amide bonds. The fourth-order valence-electron chi connectivity index (χ4n) is 4.04. The lowest BCUT2D eigenvalue weighted by atomic mass is 10.1. The van der Waals surface area contributed by atoms with Gasteiger partial charge in [-0.2, -0.15) is 10.2 Å². The van der Waals surface area contributed by atoms with Gasteiger partial charge in [0, 0.05) is 36.2 Å². The third-order valence-corrected chi connectivity index (χ3v) is 6.88. The van der Waals surface area contributed by atoms with Crippen LogP contribution < -0.4 is 15.4 Å². The normalized spacial score (nSPS) is 11.2. The number of fused-ring (bicyclic) bond motifs is 1. The summed E-state index contributed by atoms with van der Waals surface area (Å²) in [6.07, 6.45) is 4.96. The molecule has 3 N–H and O–H groups in total. The van der Waals surface area contributed by atoms with Gasteiger partial charge < -0.3 is 10.1 Å². The molecule has 0 spiro atoms. The van der Waals surface area contributed by atoms with Gasteiger partial charge in [-0.05, 0) is 42.3 Å². The number of pyridine rings is 1. The van der Waals surface area contributed by atoms with E-state index in [1.54, 1.807) is 64.4 Å². The van der Waals surface area contributed by atoms with Gasteiger partial charge in [-0.1, -0.05) is 13.8 Å². The van der Waals surface area contributed by atoms with Crippen LogP contribution in [-0.4, -0.2) is 36.0 Å². The first-order valence-corrected chi connectivity index (χ1v) is 13.2. The second kappa shape index (κ2) is 10.6. The van der Waals surface area contributed by atoms with Crippen LogP contribution in [0.25, 0.3) is 27.2 Å². The highest BCUT2D eigenvalue weighted by Gasteiger charge is 2.17. The summed E-state index contributed by atoms with van der Waals surface area (Å²) in [6.45, 7) is 4.03. The van der Waals surface area contributed by atoms with E-state index in [1.165, 1.54) is 12.1 Å². The number of H-pyrrole nitrogens is 1. The Morgan fingerprint density at radius 3 is 2.73 bits per heavy atom. The number of anilines is 2. The molecule has 6 rings (SSSR count). The molecule has 200 valence electrons. The maximum absolute atomic E-state index is 15.0. The third-order valence-electron chi connectivity index (χ3n) is 6.07. The van der Waals surface area contributed by atoms with Crippen molar-refractivity contribution in [3.63, 3.8) is 0 Å². The molecule has 10 nitrogen and oxygen atoms in total. The quantitative estimate of drug-likeness (QED) is 0.196. The average molecular weight is 555 g/mol. The maximum Gasteiger partial charge on any atom is 0.324 e. The van der Waals surface area contributed by atoms with Gasteiger partial charge in [0.15, 0.2) is 0 Å². The number of rotatable bonds is 7. The number of benzene rings is 2. The van der Waals surface area contributed by atoms with E-state index in [4.69, 9.17) is 4.74 Å². The Kier molecular flexibility index (Phi) is 6.66. The van der Waals surface area contributed by atoms with E-state index in [-0.39, 0.29) is 17.4 Å². The van der Waals surface area contributed by atoms with Crippen LogP contribution in [0.15, 0.2) is 78.7 Å². The number of carbonyl (C=O) groups is 1. The summed E-state index contributed by atoms with van der Waals surface area (Å²) in [7, 11) is 0. The zero-order valence-corrected chi connectivity index (χ0v) is 22.2. The van der Waals surface area contributed by atoms with E-state index in [2.05, 4.69) is 35.9 Å². The molecule has 0 aliphatic rings. The Bertz CT molecular complexity index is 1810. The van der Waals surface area contributed by atoms with Crippen LogP contribution in [0.1, 0.15) is 25.5 Å². The molecule has 0 aliphatic heterocycles. The predicted octanol–water partition coefficient (Wildman–Crippen LogP) is 6.97. The molecular weight excluding hydrogens is 531 g/mol. The molecule has 12 heteroatoms. The number of thiazole rings is 1. The van der Waals surface area contributed by atoms with Crippen LogP contribution in [0.3, 0.4) is 0 Å². The van der Waals surface area contributed by atoms with Crippen molar-refractivity contribution in [1.82, 2.24) is 29.9 Å². The monoisotopic (exact) mass is 554 g/mol. The molecule has 40 heavy (non-hydrogen) atoms. The van der Waals surface area contributed by atoms with Crippen LogP contribution in [0, 0.1) is 5.82 Å². The van der Waals surface area contributed by atoms with Crippen LogP contribution in [0.4, 0.5) is 20.7 Å². The highest BCUT2D eigenvalue weighted by Crippen LogP contribution is 2.29. The Hall–Kier alpha value is -5.10. The number of nitrogens with one attached hydrogen (secondary N) is 3. The largest absolute Gasteiger partial charge is 0.457 e. The van der Waals surface area contributed by atoms with E-state index < -0.39 is 11.8 Å². The first-order chi connectivity index (χ1) is 19.4. The Labute approximate surface area is 231 Å². The van der Waals surface area contributed by atoms with Crippen molar-refractivity contribution in [1.29, 1.82) is 0 Å². The van der Waals surface area contributed by atoms with E-state index in [0.29, 0.717) is 17.3 Å². The van der Waals surface area contributed by atoms with Crippen molar-refractivity contribution < 1.29 is 13.9 Å². The van der Waals surface area contributed by atoms with Gasteiger partial charge in [0.2, 0.25) is 0 Å². The number of urea groups is 1. The Balaban J connectivity index is 1.18. The Morgan fingerprint density at radius 1 is 1.05 bits per heavy atom. The number of nitrogens with zero attached hydrogens (tertiary/aromatic N) is 5. The van der Waals surface area contributed by atoms with Gasteiger partial charge in [-0.15, -0.1) is 11.3 Å². The standard InChI is InChI=1S/C28H23FN8O2S/c1-16(2)23-12-27(37(36-23)18-3-6-26-25(9-18)31-15-40-26)35-28(38)34-22-5-4-19(10-21(22)29)39-20-7-8-30-24(11-20)17-13-32-33-14-17/h3-16H,1-2H3,(H,32,33)(H2,34,35,38). The van der Waals surface area contributed by atoms with Crippen molar-refractivity contribution in [2.75, 3.05) is 10.6 Å². The number of carbonyl (C=O) groups excluding carboxylic acids is 1. The van der Waals surface area contributed by atoms with Gasteiger partial charge in [0.25, 0.3) is 0 Å². The van der Waals surface area contributed by atoms with Crippen molar-refractivity contribution in [2.24, 2.45) is 0 Å². The van der Waals surface area contributed by atoms with Crippen molar-refractivity contribution >= 4 is 39.1 Å². The maximum atomic E-state index is 15.0. The summed E-state index contributed by atoms with van der Waals surface area (Å²) in [6, 6.07) is 14.6. The minimum Gasteiger partial charge on any atom is -0.457 e. The minimum atomic E-state index is -0.651. The summed E-state index contributed by atoms with van der Waals surface area (Å²) in [5, 5.41) is 16.7. The molecule has 0 saturated heterocycles. The van der Waals surface area contributed by atoms with Gasteiger partial charge in [-0.25, -0.2) is 18.9 Å². The molecular formula is C28H23FN8O2S. The first-order valence-electron chi connectivity index (χ1n) is 12.4. The molecule has 0 atom stereocenters. The molecule has 0 aliphatic carbocycles. The van der Waals surface area contributed by atoms with E-state index in [0.717, 1.165) is 27.2 Å². The number of ether oxygens (including phenoxy) is 1. The van der Waals surface area contributed by atoms with Crippen molar-refractivity contribution in [3.8, 4) is 28.4 Å². The highest BCUT2D eigenvalue weighted by molar-refractivity contribution is 7.16. The van der Waals surface area contributed by atoms with Gasteiger partial charge in [0.05, 0.1) is 44.7 Å². The summed E-state index contributed by atoms with van der Waals surface area (Å²) < 4.78 is 23.5. The number of amides is 2. The summed E-state index contributed by atoms with van der Waals surface area (Å²) in [5.74, 6) is 0.678. The zero-order chi connectivity index (χ0) is 27.6. The average Bonchev–Trinajstić information content (AvgIpc) is 3.71. The predicted molar refractivity (Wildman–Crippen MR) is 152 cm³/mol. The van der Waals surface area contributed by atoms with E-state index in [9.17, 15) is 9.18 Å². The number of aromatic nitrogens is 6. The van der Waals surface area contributed by atoms with Crippen LogP contribution in [-0.2, 0) is 0 Å². The third kappa shape index (κ3) is 5.24. The molecule has 0 radical (unpaired) electrons. The summed E-state index contributed by atoms with van der Waals surface area (Å²) >= 11 is 1.55. The van der Waals surface area contributed by atoms with Crippen LogP contribution in [0.2, 0.25) is 0 Å². The molecule has 0 unspecified atom stereocenters. The minimum absolute atomic E-state index is 0.00212. The number of aromatic amines is 1. The summed E-state index contributed by atoms with van der Waals surface area (Å²) in [5.41, 5.74) is 5.63. The first kappa shape index (κ1) is 25.2. The molecule has 0 fully saturated rings.